The Morgan fingerprint density at radius 3 is 2.38 bits per heavy atom. The third-order valence-corrected chi connectivity index (χ3v) is 2.66. The maximum absolute atomic E-state index is 11.1. The van der Waals surface area contributed by atoms with Gasteiger partial charge >= 0.3 is 0 Å². The third-order valence-electron chi connectivity index (χ3n) is 1.73. The van der Waals surface area contributed by atoms with E-state index in [1.807, 2.05) is 0 Å². The average Bonchev–Trinajstić information content (AvgIpc) is 2.17. The first-order valence-electron chi connectivity index (χ1n) is 4.29. The van der Waals surface area contributed by atoms with Crippen LogP contribution in [0.15, 0.2) is 29.2 Å². The Hall–Kier alpha value is -1.84. The standard InChI is InChI=1S/C10H10N2O3S/c1-2-3-10(13)12-8-4-6-9(7-5-8)16(11,14)15/h1,4-7H,3H2,(H,12,13)(H2,11,14,15). The number of amides is 1. The van der Waals surface area contributed by atoms with Crippen LogP contribution in [-0.2, 0) is 14.8 Å². The van der Waals surface area contributed by atoms with Gasteiger partial charge < -0.3 is 5.32 Å². The number of primary sulfonamides is 1. The van der Waals surface area contributed by atoms with Gasteiger partial charge in [0, 0.05) is 5.69 Å². The van der Waals surface area contributed by atoms with E-state index in [4.69, 9.17) is 11.6 Å². The van der Waals surface area contributed by atoms with Gasteiger partial charge in [-0.15, -0.1) is 6.42 Å². The van der Waals surface area contributed by atoms with Gasteiger partial charge in [0.05, 0.1) is 11.3 Å². The molecule has 0 aliphatic carbocycles. The zero-order valence-electron chi connectivity index (χ0n) is 8.30. The van der Waals surface area contributed by atoms with E-state index in [-0.39, 0.29) is 17.2 Å². The number of rotatable bonds is 3. The van der Waals surface area contributed by atoms with Crippen LogP contribution in [0, 0.1) is 12.3 Å². The van der Waals surface area contributed by atoms with Crippen molar-refractivity contribution in [3.63, 3.8) is 0 Å². The largest absolute Gasteiger partial charge is 0.325 e. The molecule has 0 bridgehead atoms. The molecule has 16 heavy (non-hydrogen) atoms. The predicted molar refractivity (Wildman–Crippen MR) is 59.9 cm³/mol. The van der Waals surface area contributed by atoms with Crippen LogP contribution in [0.3, 0.4) is 0 Å². The Morgan fingerprint density at radius 2 is 1.94 bits per heavy atom. The number of terminal acetylenes is 1. The first-order valence-corrected chi connectivity index (χ1v) is 5.84. The van der Waals surface area contributed by atoms with Crippen molar-refractivity contribution >= 4 is 21.6 Å². The van der Waals surface area contributed by atoms with E-state index in [1.54, 1.807) is 0 Å². The molecular weight excluding hydrogens is 228 g/mol. The van der Waals surface area contributed by atoms with Crippen LogP contribution in [0.1, 0.15) is 6.42 Å². The first kappa shape index (κ1) is 12.2. The summed E-state index contributed by atoms with van der Waals surface area (Å²) in [4.78, 5) is 11.1. The van der Waals surface area contributed by atoms with Gasteiger partial charge in [-0.2, -0.15) is 0 Å². The zero-order chi connectivity index (χ0) is 12.2. The number of carbonyl (C=O) groups is 1. The lowest BCUT2D eigenvalue weighted by molar-refractivity contribution is -0.115. The molecule has 0 fully saturated rings. The number of carbonyl (C=O) groups excluding carboxylic acids is 1. The summed E-state index contributed by atoms with van der Waals surface area (Å²) in [5.74, 6) is 1.87. The molecule has 0 spiro atoms. The van der Waals surface area contributed by atoms with Gasteiger partial charge in [0.15, 0.2) is 0 Å². The molecule has 0 aliphatic rings. The molecule has 0 unspecified atom stereocenters. The van der Waals surface area contributed by atoms with Crippen LogP contribution < -0.4 is 10.5 Å². The van der Waals surface area contributed by atoms with Crippen molar-refractivity contribution in [3.8, 4) is 12.3 Å². The van der Waals surface area contributed by atoms with Gasteiger partial charge in [0.1, 0.15) is 0 Å². The van der Waals surface area contributed by atoms with Crippen molar-refractivity contribution < 1.29 is 13.2 Å². The highest BCUT2D eigenvalue weighted by Crippen LogP contribution is 2.12. The molecule has 0 heterocycles. The Kier molecular flexibility index (Phi) is 3.66. The predicted octanol–water partition coefficient (Wildman–Crippen LogP) is 0.296. The lowest BCUT2D eigenvalue weighted by Gasteiger charge is -2.03. The second-order valence-electron chi connectivity index (χ2n) is 3.00. The van der Waals surface area contributed by atoms with E-state index in [2.05, 4.69) is 11.2 Å². The van der Waals surface area contributed by atoms with Crippen molar-refractivity contribution in [1.29, 1.82) is 0 Å². The molecule has 84 valence electrons. The SMILES string of the molecule is C#CCC(=O)Nc1ccc(S(N)(=O)=O)cc1. The molecule has 1 rings (SSSR count). The summed E-state index contributed by atoms with van der Waals surface area (Å²) in [6, 6.07) is 5.49. The summed E-state index contributed by atoms with van der Waals surface area (Å²) in [5, 5.41) is 7.42. The van der Waals surface area contributed by atoms with E-state index < -0.39 is 10.0 Å². The van der Waals surface area contributed by atoms with Crippen LogP contribution in [0.2, 0.25) is 0 Å². The second kappa shape index (κ2) is 4.79. The molecule has 5 nitrogen and oxygen atoms in total. The van der Waals surface area contributed by atoms with Crippen molar-refractivity contribution in [1.82, 2.24) is 0 Å². The van der Waals surface area contributed by atoms with Crippen molar-refractivity contribution in [2.75, 3.05) is 5.32 Å². The van der Waals surface area contributed by atoms with Crippen molar-refractivity contribution in [2.45, 2.75) is 11.3 Å². The van der Waals surface area contributed by atoms with Crippen molar-refractivity contribution in [3.05, 3.63) is 24.3 Å². The number of nitrogens with one attached hydrogen (secondary N) is 1. The highest BCUT2D eigenvalue weighted by molar-refractivity contribution is 7.89. The molecule has 0 aliphatic heterocycles. The summed E-state index contributed by atoms with van der Waals surface area (Å²) in [6.45, 7) is 0. The zero-order valence-corrected chi connectivity index (χ0v) is 9.12. The van der Waals surface area contributed by atoms with Gasteiger partial charge in [0.25, 0.3) is 0 Å². The van der Waals surface area contributed by atoms with E-state index in [9.17, 15) is 13.2 Å². The Labute approximate surface area is 93.7 Å². The third kappa shape index (κ3) is 3.38. The highest BCUT2D eigenvalue weighted by atomic mass is 32.2. The molecular formula is C10H10N2O3S. The van der Waals surface area contributed by atoms with Gasteiger partial charge in [-0.05, 0) is 24.3 Å². The normalized spacial score (nSPS) is 10.5. The van der Waals surface area contributed by atoms with E-state index >= 15 is 0 Å². The lowest BCUT2D eigenvalue weighted by atomic mass is 10.3. The molecule has 0 saturated carbocycles. The number of benzene rings is 1. The highest BCUT2D eigenvalue weighted by Gasteiger charge is 2.07. The average molecular weight is 238 g/mol. The minimum Gasteiger partial charge on any atom is -0.325 e. The smallest absolute Gasteiger partial charge is 0.238 e. The van der Waals surface area contributed by atoms with Crippen LogP contribution in [0.4, 0.5) is 5.69 Å². The summed E-state index contributed by atoms with van der Waals surface area (Å²) in [6.07, 6.45) is 4.93. The van der Waals surface area contributed by atoms with Crippen LogP contribution in [0.25, 0.3) is 0 Å². The van der Waals surface area contributed by atoms with Crippen LogP contribution in [0.5, 0.6) is 0 Å². The van der Waals surface area contributed by atoms with Gasteiger partial charge in [-0.25, -0.2) is 13.6 Å². The molecule has 6 heteroatoms. The fourth-order valence-corrected chi connectivity index (χ4v) is 1.54. The molecule has 1 aromatic carbocycles. The monoisotopic (exact) mass is 238 g/mol. The Balaban J connectivity index is 2.81. The van der Waals surface area contributed by atoms with Gasteiger partial charge in [0.2, 0.25) is 15.9 Å². The second-order valence-corrected chi connectivity index (χ2v) is 4.56. The Morgan fingerprint density at radius 1 is 1.38 bits per heavy atom. The van der Waals surface area contributed by atoms with Crippen LogP contribution in [-0.4, -0.2) is 14.3 Å². The molecule has 0 atom stereocenters. The summed E-state index contributed by atoms with van der Waals surface area (Å²) in [7, 11) is -3.70. The van der Waals surface area contributed by atoms with E-state index in [0.717, 1.165) is 0 Å². The number of hydrogen-bond donors (Lipinski definition) is 2. The molecule has 0 saturated heterocycles. The molecule has 1 amide bonds. The fourth-order valence-electron chi connectivity index (χ4n) is 1.03. The van der Waals surface area contributed by atoms with E-state index in [0.29, 0.717) is 5.69 Å². The minimum atomic E-state index is -3.70. The molecule has 1 aromatic rings. The first-order chi connectivity index (χ1) is 7.43. The maximum atomic E-state index is 11.1. The molecule has 0 aromatic heterocycles. The van der Waals surface area contributed by atoms with Gasteiger partial charge in [-0.1, -0.05) is 5.92 Å². The number of hydrogen-bond acceptors (Lipinski definition) is 3. The Bertz CT molecular complexity index is 526. The minimum absolute atomic E-state index is 0.0116. The maximum Gasteiger partial charge on any atom is 0.238 e. The fraction of sp³-hybridized carbons (Fsp3) is 0.100. The van der Waals surface area contributed by atoms with E-state index in [1.165, 1.54) is 24.3 Å². The molecule has 3 N–H and O–H groups in total. The molecule has 0 radical (unpaired) electrons. The van der Waals surface area contributed by atoms with Crippen LogP contribution >= 0.6 is 0 Å². The quantitative estimate of drug-likeness (QED) is 0.742. The lowest BCUT2D eigenvalue weighted by Crippen LogP contribution is -2.13. The summed E-state index contributed by atoms with van der Waals surface area (Å²) >= 11 is 0. The number of nitrogens with two attached hydrogens (primary N) is 1. The topological polar surface area (TPSA) is 89.3 Å². The van der Waals surface area contributed by atoms with Gasteiger partial charge in [-0.3, -0.25) is 4.79 Å². The summed E-state index contributed by atoms with van der Waals surface area (Å²) < 4.78 is 21.9. The number of sulfonamides is 1. The van der Waals surface area contributed by atoms with Crippen molar-refractivity contribution in [2.24, 2.45) is 5.14 Å². The number of anilines is 1. The summed E-state index contributed by atoms with van der Waals surface area (Å²) in [5.41, 5.74) is 0.465.